The van der Waals surface area contributed by atoms with Crippen LogP contribution in [-0.2, 0) is 4.79 Å². The fraction of sp³-hybridized carbons (Fsp3) is 0.933. The lowest BCUT2D eigenvalue weighted by atomic mass is 9.79. The van der Waals surface area contributed by atoms with Gasteiger partial charge in [0.2, 0.25) is 0 Å². The molecule has 0 spiro atoms. The Balaban J connectivity index is 2.03. The van der Waals surface area contributed by atoms with Gasteiger partial charge in [0, 0.05) is 24.3 Å². The largest absolute Gasteiger partial charge is 0.481 e. The number of piperidine rings is 1. The lowest BCUT2D eigenvalue weighted by molar-refractivity contribution is -0.137. The van der Waals surface area contributed by atoms with Crippen LogP contribution < -0.4 is 0 Å². The highest BCUT2D eigenvalue weighted by Gasteiger charge is 2.39. The van der Waals surface area contributed by atoms with E-state index in [1.54, 1.807) is 0 Å². The fourth-order valence-corrected chi connectivity index (χ4v) is 5.20. The van der Waals surface area contributed by atoms with Crippen LogP contribution in [0.25, 0.3) is 0 Å². The first-order valence-electron chi connectivity index (χ1n) is 7.56. The van der Waals surface area contributed by atoms with E-state index in [2.05, 4.69) is 30.5 Å². The third kappa shape index (κ3) is 3.88. The van der Waals surface area contributed by atoms with Crippen molar-refractivity contribution in [2.75, 3.05) is 18.1 Å². The highest BCUT2D eigenvalue weighted by molar-refractivity contribution is 7.99. The summed E-state index contributed by atoms with van der Waals surface area (Å²) in [4.78, 5) is 13.5. The van der Waals surface area contributed by atoms with E-state index in [4.69, 9.17) is 5.11 Å². The van der Waals surface area contributed by atoms with E-state index >= 15 is 0 Å². The number of carboxylic acids is 1. The maximum atomic E-state index is 10.8. The molecule has 2 aliphatic heterocycles. The maximum absolute atomic E-state index is 10.8. The zero-order valence-corrected chi connectivity index (χ0v) is 13.0. The first kappa shape index (κ1) is 15.2. The van der Waals surface area contributed by atoms with Crippen molar-refractivity contribution in [2.45, 2.75) is 64.5 Å². The van der Waals surface area contributed by atoms with Crippen LogP contribution in [0.1, 0.15) is 52.4 Å². The highest BCUT2D eigenvalue weighted by atomic mass is 32.2. The van der Waals surface area contributed by atoms with Gasteiger partial charge in [-0.25, -0.2) is 0 Å². The Labute approximate surface area is 121 Å². The standard InChI is InChI=1S/C15H27NO2S/c1-15(2)8-10-19-11-13(15)16-9-4-3-5-12(16)6-7-14(17)18/h12-13H,3-11H2,1-2H3,(H,17,18). The van der Waals surface area contributed by atoms with Crippen molar-refractivity contribution in [3.8, 4) is 0 Å². The average molecular weight is 285 g/mol. The summed E-state index contributed by atoms with van der Waals surface area (Å²) in [6, 6.07) is 1.12. The van der Waals surface area contributed by atoms with Gasteiger partial charge in [0.1, 0.15) is 0 Å². The van der Waals surface area contributed by atoms with Gasteiger partial charge in [-0.15, -0.1) is 0 Å². The second kappa shape index (κ2) is 6.49. The molecule has 19 heavy (non-hydrogen) atoms. The van der Waals surface area contributed by atoms with Crippen LogP contribution in [0, 0.1) is 5.41 Å². The quantitative estimate of drug-likeness (QED) is 0.861. The molecule has 2 atom stereocenters. The van der Waals surface area contributed by atoms with E-state index < -0.39 is 5.97 Å². The van der Waals surface area contributed by atoms with Crippen molar-refractivity contribution in [1.29, 1.82) is 0 Å². The van der Waals surface area contributed by atoms with Gasteiger partial charge in [-0.3, -0.25) is 9.69 Å². The Morgan fingerprint density at radius 2 is 2.21 bits per heavy atom. The minimum Gasteiger partial charge on any atom is -0.481 e. The predicted octanol–water partition coefficient (Wildman–Crippen LogP) is 3.24. The molecule has 2 fully saturated rings. The molecule has 0 bridgehead atoms. The molecule has 2 saturated heterocycles. The molecule has 0 aromatic rings. The van der Waals surface area contributed by atoms with E-state index in [0.717, 1.165) is 6.42 Å². The van der Waals surface area contributed by atoms with Gasteiger partial charge in [-0.2, -0.15) is 11.8 Å². The van der Waals surface area contributed by atoms with E-state index in [0.29, 0.717) is 23.9 Å². The number of rotatable bonds is 4. The smallest absolute Gasteiger partial charge is 0.303 e. The number of aliphatic carboxylic acids is 1. The van der Waals surface area contributed by atoms with Crippen molar-refractivity contribution in [3.05, 3.63) is 0 Å². The van der Waals surface area contributed by atoms with E-state index in [-0.39, 0.29) is 0 Å². The normalized spacial score (nSPS) is 32.1. The Kier molecular flexibility index (Phi) is 5.18. The first-order valence-corrected chi connectivity index (χ1v) is 8.71. The number of carbonyl (C=O) groups is 1. The van der Waals surface area contributed by atoms with Gasteiger partial charge in [-0.05, 0) is 43.4 Å². The van der Waals surface area contributed by atoms with Gasteiger partial charge in [-0.1, -0.05) is 20.3 Å². The summed E-state index contributed by atoms with van der Waals surface area (Å²) in [5.74, 6) is 1.84. The molecule has 0 radical (unpaired) electrons. The number of hydrogen-bond acceptors (Lipinski definition) is 3. The number of nitrogens with zero attached hydrogens (tertiary/aromatic N) is 1. The summed E-state index contributed by atoms with van der Waals surface area (Å²) in [6.45, 7) is 5.94. The number of carboxylic acid groups (broad SMARTS) is 1. The molecule has 4 heteroatoms. The van der Waals surface area contributed by atoms with Crippen molar-refractivity contribution in [1.82, 2.24) is 4.90 Å². The monoisotopic (exact) mass is 285 g/mol. The molecule has 2 heterocycles. The Hall–Kier alpha value is -0.220. The fourth-order valence-electron chi connectivity index (χ4n) is 3.50. The Morgan fingerprint density at radius 3 is 2.89 bits per heavy atom. The van der Waals surface area contributed by atoms with Crippen LogP contribution in [0.5, 0.6) is 0 Å². The zero-order chi connectivity index (χ0) is 13.9. The van der Waals surface area contributed by atoms with Gasteiger partial charge in [0.05, 0.1) is 0 Å². The van der Waals surface area contributed by atoms with Crippen molar-refractivity contribution >= 4 is 17.7 Å². The van der Waals surface area contributed by atoms with Crippen LogP contribution in [0.3, 0.4) is 0 Å². The molecule has 110 valence electrons. The molecular formula is C15H27NO2S. The topological polar surface area (TPSA) is 40.5 Å². The molecule has 3 nitrogen and oxygen atoms in total. The van der Waals surface area contributed by atoms with Crippen LogP contribution in [0.2, 0.25) is 0 Å². The minimum atomic E-state index is -0.650. The molecule has 0 amide bonds. The summed E-state index contributed by atoms with van der Waals surface area (Å²) >= 11 is 2.07. The molecular weight excluding hydrogens is 258 g/mol. The van der Waals surface area contributed by atoms with Crippen molar-refractivity contribution in [2.24, 2.45) is 5.41 Å². The third-order valence-electron chi connectivity index (χ3n) is 4.83. The summed E-state index contributed by atoms with van der Waals surface area (Å²) in [6.07, 6.45) is 6.16. The molecule has 2 unspecified atom stereocenters. The van der Waals surface area contributed by atoms with Crippen molar-refractivity contribution in [3.63, 3.8) is 0 Å². The predicted molar refractivity (Wildman–Crippen MR) is 80.7 cm³/mol. The molecule has 1 N–H and O–H groups in total. The lowest BCUT2D eigenvalue weighted by Crippen LogP contribution is -2.55. The van der Waals surface area contributed by atoms with Crippen LogP contribution in [0.15, 0.2) is 0 Å². The van der Waals surface area contributed by atoms with E-state index in [1.165, 1.54) is 43.7 Å². The summed E-state index contributed by atoms with van der Waals surface area (Å²) in [5, 5.41) is 8.92. The van der Waals surface area contributed by atoms with Gasteiger partial charge in [0.25, 0.3) is 0 Å². The van der Waals surface area contributed by atoms with E-state index in [1.807, 2.05) is 0 Å². The Morgan fingerprint density at radius 1 is 1.42 bits per heavy atom. The molecule has 0 aliphatic carbocycles. The second-order valence-electron chi connectivity index (χ2n) is 6.65. The minimum absolute atomic E-state index is 0.321. The molecule has 0 aromatic carbocycles. The number of hydrogen-bond donors (Lipinski definition) is 1. The first-order chi connectivity index (χ1) is 9.00. The average Bonchev–Trinajstić information content (AvgIpc) is 2.36. The number of likely N-dealkylation sites (tertiary alicyclic amines) is 1. The maximum Gasteiger partial charge on any atom is 0.303 e. The zero-order valence-electron chi connectivity index (χ0n) is 12.2. The van der Waals surface area contributed by atoms with Gasteiger partial charge in [0.15, 0.2) is 0 Å². The van der Waals surface area contributed by atoms with Crippen LogP contribution >= 0.6 is 11.8 Å². The summed E-state index contributed by atoms with van der Waals surface area (Å²) < 4.78 is 0. The second-order valence-corrected chi connectivity index (χ2v) is 7.80. The van der Waals surface area contributed by atoms with Crippen LogP contribution in [-0.4, -0.2) is 46.1 Å². The molecule has 2 rings (SSSR count). The SMILES string of the molecule is CC1(C)CCSCC1N1CCCCC1CCC(=O)O. The van der Waals surface area contributed by atoms with Gasteiger partial charge < -0.3 is 5.11 Å². The Bertz CT molecular complexity index is 319. The molecule has 0 saturated carbocycles. The lowest BCUT2D eigenvalue weighted by Gasteiger charge is -2.50. The summed E-state index contributed by atoms with van der Waals surface area (Å²) in [7, 11) is 0. The molecule has 0 aromatic heterocycles. The van der Waals surface area contributed by atoms with E-state index in [9.17, 15) is 4.79 Å². The van der Waals surface area contributed by atoms with Gasteiger partial charge >= 0.3 is 5.97 Å². The summed E-state index contributed by atoms with van der Waals surface area (Å²) in [5.41, 5.74) is 0.379. The highest BCUT2D eigenvalue weighted by Crippen LogP contribution is 2.40. The third-order valence-corrected chi connectivity index (χ3v) is 5.88. The van der Waals surface area contributed by atoms with Crippen molar-refractivity contribution < 1.29 is 9.90 Å². The molecule has 2 aliphatic rings. The van der Waals surface area contributed by atoms with Crippen LogP contribution in [0.4, 0.5) is 0 Å². The number of thioether (sulfide) groups is 1.